The number of benzene rings is 1. The van der Waals surface area contributed by atoms with Crippen LogP contribution in [0.2, 0.25) is 0 Å². The highest BCUT2D eigenvalue weighted by molar-refractivity contribution is 5.82. The van der Waals surface area contributed by atoms with E-state index >= 15 is 0 Å². The summed E-state index contributed by atoms with van der Waals surface area (Å²) in [5.41, 5.74) is 1.25. The number of carboxylic acid groups (broad SMARTS) is 1. The van der Waals surface area contributed by atoms with Gasteiger partial charge in [-0.1, -0.05) is 12.1 Å². The first-order valence-corrected chi connectivity index (χ1v) is 6.94. The van der Waals surface area contributed by atoms with Crippen molar-refractivity contribution >= 4 is 17.0 Å². The molecule has 0 aliphatic rings. The Bertz CT molecular complexity index is 847. The average molecular weight is 310 g/mol. The van der Waals surface area contributed by atoms with Gasteiger partial charge in [0.25, 0.3) is 0 Å². The summed E-state index contributed by atoms with van der Waals surface area (Å²) in [5.74, 6) is 0.859. The SMILES string of the molecule is COc1ccc2c(Oc3ccc(CC(=O)O)cc3)ccnc2n1. The van der Waals surface area contributed by atoms with Crippen molar-refractivity contribution in [3.05, 3.63) is 54.2 Å². The molecule has 116 valence electrons. The van der Waals surface area contributed by atoms with Gasteiger partial charge in [0.2, 0.25) is 5.88 Å². The van der Waals surface area contributed by atoms with Crippen LogP contribution in [0, 0.1) is 0 Å². The molecule has 0 amide bonds. The molecular formula is C17H14N2O4. The predicted molar refractivity (Wildman–Crippen MR) is 83.9 cm³/mol. The smallest absolute Gasteiger partial charge is 0.307 e. The summed E-state index contributed by atoms with van der Waals surface area (Å²) in [6, 6.07) is 12.3. The number of rotatable bonds is 5. The van der Waals surface area contributed by atoms with Gasteiger partial charge in [-0.2, -0.15) is 4.98 Å². The lowest BCUT2D eigenvalue weighted by molar-refractivity contribution is -0.136. The van der Waals surface area contributed by atoms with Crippen molar-refractivity contribution in [2.45, 2.75) is 6.42 Å². The lowest BCUT2D eigenvalue weighted by Crippen LogP contribution is -1.99. The van der Waals surface area contributed by atoms with Crippen molar-refractivity contribution in [3.63, 3.8) is 0 Å². The molecule has 0 radical (unpaired) electrons. The first kappa shape index (κ1) is 14.8. The van der Waals surface area contributed by atoms with Crippen LogP contribution in [-0.4, -0.2) is 28.2 Å². The molecule has 3 rings (SSSR count). The van der Waals surface area contributed by atoms with Crippen LogP contribution in [0.15, 0.2) is 48.7 Å². The van der Waals surface area contributed by atoms with E-state index in [4.69, 9.17) is 14.6 Å². The second kappa shape index (κ2) is 6.31. The van der Waals surface area contributed by atoms with E-state index in [1.807, 2.05) is 6.07 Å². The number of carbonyl (C=O) groups is 1. The Kier molecular flexibility index (Phi) is 4.05. The molecule has 0 spiro atoms. The molecular weight excluding hydrogens is 296 g/mol. The Hall–Kier alpha value is -3.15. The third kappa shape index (κ3) is 3.37. The fourth-order valence-electron chi connectivity index (χ4n) is 2.17. The summed E-state index contributed by atoms with van der Waals surface area (Å²) in [5, 5.41) is 9.54. The number of methoxy groups -OCH3 is 1. The molecule has 0 aliphatic heterocycles. The van der Waals surface area contributed by atoms with E-state index in [0.717, 1.165) is 10.9 Å². The van der Waals surface area contributed by atoms with Crippen LogP contribution in [0.5, 0.6) is 17.4 Å². The summed E-state index contributed by atoms with van der Waals surface area (Å²) in [6.07, 6.45) is 1.60. The zero-order valence-corrected chi connectivity index (χ0v) is 12.4. The fourth-order valence-corrected chi connectivity index (χ4v) is 2.17. The van der Waals surface area contributed by atoms with E-state index < -0.39 is 5.97 Å². The number of aromatic nitrogens is 2. The van der Waals surface area contributed by atoms with Crippen molar-refractivity contribution in [1.82, 2.24) is 9.97 Å². The molecule has 0 aliphatic carbocycles. The maximum atomic E-state index is 10.7. The Balaban J connectivity index is 1.87. The zero-order valence-electron chi connectivity index (χ0n) is 12.4. The summed E-state index contributed by atoms with van der Waals surface area (Å²) < 4.78 is 10.9. The Morgan fingerprint density at radius 1 is 1.13 bits per heavy atom. The summed E-state index contributed by atoms with van der Waals surface area (Å²) >= 11 is 0. The number of hydrogen-bond acceptors (Lipinski definition) is 5. The van der Waals surface area contributed by atoms with Gasteiger partial charge in [-0.25, -0.2) is 4.98 Å². The van der Waals surface area contributed by atoms with Crippen molar-refractivity contribution in [2.75, 3.05) is 7.11 Å². The second-order valence-corrected chi connectivity index (χ2v) is 4.85. The Morgan fingerprint density at radius 3 is 2.61 bits per heavy atom. The average Bonchev–Trinajstić information content (AvgIpc) is 2.56. The van der Waals surface area contributed by atoms with E-state index in [-0.39, 0.29) is 6.42 Å². The largest absolute Gasteiger partial charge is 0.481 e. The topological polar surface area (TPSA) is 81.5 Å². The zero-order chi connectivity index (χ0) is 16.2. The number of hydrogen-bond donors (Lipinski definition) is 1. The third-order valence-corrected chi connectivity index (χ3v) is 3.25. The number of ether oxygens (including phenoxy) is 2. The van der Waals surface area contributed by atoms with E-state index in [1.54, 1.807) is 49.7 Å². The minimum Gasteiger partial charge on any atom is -0.481 e. The molecule has 2 aromatic heterocycles. The molecule has 2 heterocycles. The van der Waals surface area contributed by atoms with Gasteiger partial charge in [0.1, 0.15) is 11.5 Å². The molecule has 0 atom stereocenters. The highest BCUT2D eigenvalue weighted by atomic mass is 16.5. The Labute approximate surface area is 132 Å². The fraction of sp³-hybridized carbons (Fsp3) is 0.118. The normalized spacial score (nSPS) is 10.5. The van der Waals surface area contributed by atoms with Gasteiger partial charge in [-0.3, -0.25) is 4.79 Å². The van der Waals surface area contributed by atoms with Crippen LogP contribution in [0.1, 0.15) is 5.56 Å². The van der Waals surface area contributed by atoms with Gasteiger partial charge in [-0.15, -0.1) is 0 Å². The summed E-state index contributed by atoms with van der Waals surface area (Å²) in [4.78, 5) is 19.2. The molecule has 3 aromatic rings. The van der Waals surface area contributed by atoms with E-state index in [1.165, 1.54) is 0 Å². The first-order valence-electron chi connectivity index (χ1n) is 6.94. The summed E-state index contributed by atoms with van der Waals surface area (Å²) in [6.45, 7) is 0. The number of carboxylic acids is 1. The molecule has 0 saturated carbocycles. The lowest BCUT2D eigenvalue weighted by atomic mass is 10.1. The van der Waals surface area contributed by atoms with Gasteiger partial charge in [-0.05, 0) is 29.8 Å². The van der Waals surface area contributed by atoms with Gasteiger partial charge >= 0.3 is 5.97 Å². The molecule has 23 heavy (non-hydrogen) atoms. The van der Waals surface area contributed by atoms with Crippen molar-refractivity contribution in [2.24, 2.45) is 0 Å². The molecule has 1 N–H and O–H groups in total. The van der Waals surface area contributed by atoms with Crippen LogP contribution in [0.25, 0.3) is 11.0 Å². The molecule has 6 nitrogen and oxygen atoms in total. The van der Waals surface area contributed by atoms with Gasteiger partial charge < -0.3 is 14.6 Å². The Morgan fingerprint density at radius 2 is 1.91 bits per heavy atom. The molecule has 0 unspecified atom stereocenters. The van der Waals surface area contributed by atoms with Crippen molar-refractivity contribution in [3.8, 4) is 17.4 Å². The van der Waals surface area contributed by atoms with Crippen LogP contribution in [0.3, 0.4) is 0 Å². The minimum atomic E-state index is -0.862. The monoisotopic (exact) mass is 310 g/mol. The van der Waals surface area contributed by atoms with Crippen molar-refractivity contribution in [1.29, 1.82) is 0 Å². The minimum absolute atomic E-state index is 0.0117. The third-order valence-electron chi connectivity index (χ3n) is 3.25. The lowest BCUT2D eigenvalue weighted by Gasteiger charge is -2.09. The molecule has 6 heteroatoms. The van der Waals surface area contributed by atoms with Crippen LogP contribution in [-0.2, 0) is 11.2 Å². The van der Waals surface area contributed by atoms with Crippen LogP contribution < -0.4 is 9.47 Å². The number of aliphatic carboxylic acids is 1. The quantitative estimate of drug-likeness (QED) is 0.780. The molecule has 0 saturated heterocycles. The van der Waals surface area contributed by atoms with Crippen molar-refractivity contribution < 1.29 is 19.4 Å². The molecule has 0 bridgehead atoms. The predicted octanol–water partition coefficient (Wildman–Crippen LogP) is 3.06. The van der Waals surface area contributed by atoms with E-state index in [0.29, 0.717) is 23.0 Å². The van der Waals surface area contributed by atoms with Gasteiger partial charge in [0, 0.05) is 12.3 Å². The van der Waals surface area contributed by atoms with E-state index in [2.05, 4.69) is 9.97 Å². The van der Waals surface area contributed by atoms with Crippen LogP contribution >= 0.6 is 0 Å². The number of fused-ring (bicyclic) bond motifs is 1. The standard InChI is InChI=1S/C17H14N2O4/c1-22-15-7-6-13-14(8-9-18-17(13)19-15)23-12-4-2-11(3-5-12)10-16(20)21/h2-9H,10H2,1H3,(H,20,21). The number of pyridine rings is 2. The van der Waals surface area contributed by atoms with Crippen LogP contribution in [0.4, 0.5) is 0 Å². The highest BCUT2D eigenvalue weighted by Crippen LogP contribution is 2.29. The maximum Gasteiger partial charge on any atom is 0.307 e. The first-order chi connectivity index (χ1) is 11.2. The van der Waals surface area contributed by atoms with Gasteiger partial charge in [0.15, 0.2) is 5.65 Å². The van der Waals surface area contributed by atoms with Gasteiger partial charge in [0.05, 0.1) is 18.9 Å². The highest BCUT2D eigenvalue weighted by Gasteiger charge is 2.07. The maximum absolute atomic E-state index is 10.7. The van der Waals surface area contributed by atoms with E-state index in [9.17, 15) is 4.79 Å². The second-order valence-electron chi connectivity index (χ2n) is 4.85. The molecule has 1 aromatic carbocycles. The molecule has 0 fully saturated rings. The number of nitrogens with zero attached hydrogens (tertiary/aromatic N) is 2. The summed E-state index contributed by atoms with van der Waals surface area (Å²) in [7, 11) is 1.55.